The van der Waals surface area contributed by atoms with Crippen molar-refractivity contribution in [2.24, 2.45) is 0 Å². The monoisotopic (exact) mass is 455 g/mol. The first-order valence-corrected chi connectivity index (χ1v) is 10.5. The number of aliphatic hydroxyl groups excluding tert-OH is 1. The molecule has 3 aromatic rings. The van der Waals surface area contributed by atoms with E-state index in [1.165, 1.54) is 4.90 Å². The first kappa shape index (κ1) is 17.8. The number of aliphatic hydroxyl groups is 1. The zero-order valence-corrected chi connectivity index (χ0v) is 18.5. The Morgan fingerprint density at radius 2 is 1.50 bits per heavy atom. The highest BCUT2D eigenvalue weighted by atomic mass is 35.5. The zero-order valence-electron chi connectivity index (χ0n) is 22.7. The van der Waals surface area contributed by atoms with Crippen molar-refractivity contribution in [2.75, 3.05) is 26.6 Å². The molecule has 1 heterocycles. The number of hydrogen-bond donors (Lipinski definition) is 1. The normalized spacial score (nSPS) is 20.2. The molecule has 1 aliphatic rings. The van der Waals surface area contributed by atoms with E-state index in [2.05, 4.69) is 0 Å². The summed E-state index contributed by atoms with van der Waals surface area (Å²) in [5.41, 5.74) is 1.60. The second-order valence-electron chi connectivity index (χ2n) is 7.79. The Labute approximate surface area is 203 Å². The minimum absolute atomic E-state index is 0. The van der Waals surface area contributed by atoms with Gasteiger partial charge in [-0.15, -0.1) is 12.4 Å². The minimum atomic E-state index is -2.94. The summed E-state index contributed by atoms with van der Waals surface area (Å²) in [6.45, 7) is -4.90. The fraction of sp³-hybridized carbons (Fsp3) is 0.296. The zero-order chi connectivity index (χ0) is 25.9. The Kier molecular flexibility index (Phi) is 6.29. The average molecular weight is 456 g/mol. The van der Waals surface area contributed by atoms with Gasteiger partial charge in [-0.25, -0.2) is 0 Å². The molecule has 168 valence electrons. The van der Waals surface area contributed by atoms with Crippen LogP contribution in [0.25, 0.3) is 0 Å². The Balaban J connectivity index is 0.00000380. The van der Waals surface area contributed by atoms with E-state index in [4.69, 9.17) is 6.85 Å². The van der Waals surface area contributed by atoms with Gasteiger partial charge >= 0.3 is 0 Å². The van der Waals surface area contributed by atoms with E-state index in [9.17, 15) is 9.90 Å². The van der Waals surface area contributed by atoms with Crippen molar-refractivity contribution in [3.8, 4) is 0 Å². The molecule has 3 aromatic carbocycles. The molecule has 0 saturated carbocycles. The number of hydrogen-bond acceptors (Lipinski definition) is 3. The molecule has 0 aromatic heterocycles. The van der Waals surface area contributed by atoms with Crippen molar-refractivity contribution in [1.82, 2.24) is 9.80 Å². The summed E-state index contributed by atoms with van der Waals surface area (Å²) in [4.78, 5) is 16.5. The first-order valence-electron chi connectivity index (χ1n) is 13.0. The topological polar surface area (TPSA) is 43.8 Å². The van der Waals surface area contributed by atoms with Crippen LogP contribution in [0.4, 0.5) is 0 Å². The van der Waals surface area contributed by atoms with Crippen molar-refractivity contribution in [3.05, 3.63) is 108 Å². The molecule has 4 rings (SSSR count). The summed E-state index contributed by atoms with van der Waals surface area (Å²) in [5, 5.41) is 10.1. The molecule has 1 saturated heterocycles. The lowest BCUT2D eigenvalue weighted by atomic mass is 9.89. The van der Waals surface area contributed by atoms with Gasteiger partial charge in [0.05, 0.1) is 18.1 Å². The molecule has 0 aliphatic carbocycles. The summed E-state index contributed by atoms with van der Waals surface area (Å²) in [5.74, 6) is -1.66. The third-order valence-electron chi connectivity index (χ3n) is 5.59. The van der Waals surface area contributed by atoms with Crippen LogP contribution in [0.2, 0.25) is 0 Å². The summed E-state index contributed by atoms with van der Waals surface area (Å²) in [6.07, 6.45) is -0.339. The lowest BCUT2D eigenvalue weighted by Crippen LogP contribution is -2.41. The molecular formula is C27H31ClN2O2. The Bertz CT molecular complexity index is 1110. The van der Waals surface area contributed by atoms with Gasteiger partial charge in [-0.3, -0.25) is 9.69 Å². The van der Waals surface area contributed by atoms with Gasteiger partial charge in [0.1, 0.15) is 0 Å². The van der Waals surface area contributed by atoms with Crippen molar-refractivity contribution in [2.45, 2.75) is 24.5 Å². The van der Waals surface area contributed by atoms with Gasteiger partial charge in [0.25, 0.3) is 0 Å². The van der Waals surface area contributed by atoms with E-state index in [1.807, 2.05) is 12.1 Å². The lowest BCUT2D eigenvalue weighted by Gasteiger charge is -2.34. The second-order valence-corrected chi connectivity index (χ2v) is 7.79. The van der Waals surface area contributed by atoms with E-state index < -0.39 is 37.4 Å². The highest BCUT2D eigenvalue weighted by Crippen LogP contribution is 2.31. The Morgan fingerprint density at radius 3 is 1.94 bits per heavy atom. The molecule has 4 nitrogen and oxygen atoms in total. The third kappa shape index (κ3) is 5.57. The van der Waals surface area contributed by atoms with Crippen LogP contribution in [0.5, 0.6) is 0 Å². The quantitative estimate of drug-likeness (QED) is 0.570. The summed E-state index contributed by atoms with van der Waals surface area (Å²) in [7, 11) is 0. The third-order valence-corrected chi connectivity index (χ3v) is 5.59. The van der Waals surface area contributed by atoms with Crippen LogP contribution in [0.15, 0.2) is 91.0 Å². The molecule has 1 fully saturated rings. The predicted molar refractivity (Wildman–Crippen MR) is 131 cm³/mol. The van der Waals surface area contributed by atoms with Crippen LogP contribution in [0, 0.1) is 0 Å². The fourth-order valence-corrected chi connectivity index (χ4v) is 3.98. The van der Waals surface area contributed by atoms with Gasteiger partial charge in [-0.05, 0) is 23.1 Å². The largest absolute Gasteiger partial charge is 0.392 e. The van der Waals surface area contributed by atoms with Crippen molar-refractivity contribution < 1.29 is 16.8 Å². The first-order chi connectivity index (χ1) is 17.1. The van der Waals surface area contributed by atoms with E-state index in [0.717, 1.165) is 4.90 Å². The highest BCUT2D eigenvalue weighted by molar-refractivity contribution is 5.87. The number of likely N-dealkylation sites (N-methyl/N-ethyl adjacent to an activating group) is 1. The molecule has 0 spiro atoms. The SMILES string of the molecule is Cl.[2H]C([2H])([2H])N(C(=O)C(c1ccccc1)c1ccccc1)[C@@H](c1ccccc1)C([2H])([2H])N1CC[C@@H](O)C1. The fourth-order valence-electron chi connectivity index (χ4n) is 3.98. The molecule has 1 aliphatic heterocycles. The van der Waals surface area contributed by atoms with Gasteiger partial charge < -0.3 is 10.0 Å². The van der Waals surface area contributed by atoms with Crippen LogP contribution in [-0.4, -0.2) is 53.5 Å². The van der Waals surface area contributed by atoms with Crippen molar-refractivity contribution in [1.29, 1.82) is 0 Å². The smallest absolute Gasteiger partial charge is 0.234 e. The van der Waals surface area contributed by atoms with Crippen LogP contribution in [0.3, 0.4) is 0 Å². The van der Waals surface area contributed by atoms with Gasteiger partial charge in [0.15, 0.2) is 0 Å². The minimum Gasteiger partial charge on any atom is -0.392 e. The Morgan fingerprint density at radius 1 is 1.00 bits per heavy atom. The lowest BCUT2D eigenvalue weighted by molar-refractivity contribution is -0.133. The molecular weight excluding hydrogens is 420 g/mol. The predicted octanol–water partition coefficient (Wildman–Crippen LogP) is 4.51. The summed E-state index contributed by atoms with van der Waals surface area (Å²) < 4.78 is 43.4. The molecule has 1 amide bonds. The van der Waals surface area contributed by atoms with Crippen LogP contribution in [0.1, 0.15) is 41.9 Å². The number of benzene rings is 3. The van der Waals surface area contributed by atoms with E-state index in [-0.39, 0.29) is 25.5 Å². The molecule has 32 heavy (non-hydrogen) atoms. The maximum absolute atomic E-state index is 14.4. The summed E-state index contributed by atoms with van der Waals surface area (Å²) >= 11 is 0. The number of likely N-dealkylation sites (tertiary alicyclic amines) is 1. The molecule has 2 atom stereocenters. The van der Waals surface area contributed by atoms with Crippen molar-refractivity contribution in [3.63, 3.8) is 0 Å². The van der Waals surface area contributed by atoms with Crippen molar-refractivity contribution >= 4 is 18.3 Å². The maximum atomic E-state index is 14.4. The highest BCUT2D eigenvalue weighted by Gasteiger charge is 2.32. The number of nitrogens with zero attached hydrogens (tertiary/aromatic N) is 2. The second kappa shape index (κ2) is 11.3. The number of carbonyl (C=O) groups excluding carboxylic acids is 1. The van der Waals surface area contributed by atoms with Crippen LogP contribution in [-0.2, 0) is 4.79 Å². The number of carbonyl (C=O) groups is 1. The molecule has 5 heteroatoms. The van der Waals surface area contributed by atoms with Gasteiger partial charge in [0, 0.05) is 33.4 Å². The van der Waals surface area contributed by atoms with E-state index in [1.54, 1.807) is 78.9 Å². The Hall–Kier alpha value is -2.66. The number of β-amino-alcohol motifs (C(OH)–C–C–N with tert-alkyl or cyclic N) is 1. The van der Waals surface area contributed by atoms with Gasteiger partial charge in [-0.1, -0.05) is 91.0 Å². The summed E-state index contributed by atoms with van der Waals surface area (Å²) in [6, 6.07) is 24.9. The van der Waals surface area contributed by atoms with Crippen LogP contribution >= 0.6 is 12.4 Å². The average Bonchev–Trinajstić information content (AvgIpc) is 3.31. The number of amides is 1. The maximum Gasteiger partial charge on any atom is 0.234 e. The molecule has 0 unspecified atom stereocenters. The van der Waals surface area contributed by atoms with E-state index >= 15 is 0 Å². The molecule has 0 bridgehead atoms. The number of rotatable bonds is 7. The number of halogens is 1. The van der Waals surface area contributed by atoms with Gasteiger partial charge in [0.2, 0.25) is 5.91 Å². The molecule has 1 N–H and O–H groups in total. The van der Waals surface area contributed by atoms with Crippen LogP contribution < -0.4 is 0 Å². The molecule has 0 radical (unpaired) electrons. The standard InChI is InChI=1S/C27H30N2O2.ClH/c1-28(25(21-11-5-2-6-12-21)20-29-18-17-24(30)19-29)27(31)26(22-13-7-3-8-14-22)23-15-9-4-10-16-23;/h2-16,24-26,30H,17-20H2,1H3;1H/t24-,25-;/m1./s1/i1D3,20D2;. The van der Waals surface area contributed by atoms with E-state index in [0.29, 0.717) is 23.1 Å². The van der Waals surface area contributed by atoms with Gasteiger partial charge in [-0.2, -0.15) is 0 Å².